The predicted molar refractivity (Wildman–Crippen MR) is 113 cm³/mol. The van der Waals surface area contributed by atoms with Gasteiger partial charge in [0.05, 0.1) is 16.7 Å². The van der Waals surface area contributed by atoms with Gasteiger partial charge in [0.15, 0.2) is 0 Å². The maximum Gasteiger partial charge on any atom is 0.274 e. The SMILES string of the molecule is O=C(c1ccc([N+](=O)[O-])cc1)N1N=C(c2ccc(Cl)cc2)CC1c1ccccc1O. The Morgan fingerprint density at radius 3 is 2.37 bits per heavy atom. The average Bonchev–Trinajstić information content (AvgIpc) is 3.19. The summed E-state index contributed by atoms with van der Waals surface area (Å²) < 4.78 is 0. The summed E-state index contributed by atoms with van der Waals surface area (Å²) in [7, 11) is 0. The van der Waals surface area contributed by atoms with Gasteiger partial charge < -0.3 is 5.11 Å². The van der Waals surface area contributed by atoms with Crippen LogP contribution in [0.3, 0.4) is 0 Å². The van der Waals surface area contributed by atoms with Crippen molar-refractivity contribution in [2.24, 2.45) is 5.10 Å². The molecule has 150 valence electrons. The lowest BCUT2D eigenvalue weighted by molar-refractivity contribution is -0.384. The fourth-order valence-electron chi connectivity index (χ4n) is 3.38. The number of hydrogen-bond acceptors (Lipinski definition) is 5. The number of benzene rings is 3. The number of hydrazone groups is 1. The molecule has 4 rings (SSSR count). The number of amides is 1. The average molecular weight is 422 g/mol. The Labute approximate surface area is 177 Å². The molecule has 7 nitrogen and oxygen atoms in total. The lowest BCUT2D eigenvalue weighted by atomic mass is 9.97. The van der Waals surface area contributed by atoms with E-state index in [1.807, 2.05) is 12.1 Å². The van der Waals surface area contributed by atoms with Crippen LogP contribution in [0.2, 0.25) is 5.02 Å². The van der Waals surface area contributed by atoms with Gasteiger partial charge in [-0.15, -0.1) is 0 Å². The fourth-order valence-corrected chi connectivity index (χ4v) is 3.51. The molecule has 1 unspecified atom stereocenters. The molecule has 30 heavy (non-hydrogen) atoms. The van der Waals surface area contributed by atoms with E-state index in [0.29, 0.717) is 22.7 Å². The van der Waals surface area contributed by atoms with Gasteiger partial charge in [0.25, 0.3) is 11.6 Å². The minimum Gasteiger partial charge on any atom is -0.508 e. The van der Waals surface area contributed by atoms with E-state index in [1.54, 1.807) is 36.4 Å². The normalized spacial score (nSPS) is 15.7. The van der Waals surface area contributed by atoms with Crippen LogP contribution in [0.4, 0.5) is 5.69 Å². The van der Waals surface area contributed by atoms with Gasteiger partial charge in [-0.1, -0.05) is 41.9 Å². The first kappa shape index (κ1) is 19.6. The molecular weight excluding hydrogens is 406 g/mol. The van der Waals surface area contributed by atoms with Crippen molar-refractivity contribution in [1.82, 2.24) is 5.01 Å². The van der Waals surface area contributed by atoms with Gasteiger partial charge in [0, 0.05) is 34.7 Å². The molecule has 0 aliphatic carbocycles. The molecule has 3 aromatic carbocycles. The van der Waals surface area contributed by atoms with E-state index in [1.165, 1.54) is 29.3 Å². The smallest absolute Gasteiger partial charge is 0.274 e. The van der Waals surface area contributed by atoms with Gasteiger partial charge in [0.1, 0.15) is 5.75 Å². The molecule has 1 aliphatic rings. The van der Waals surface area contributed by atoms with Crippen LogP contribution in [0.25, 0.3) is 0 Å². The van der Waals surface area contributed by atoms with Crippen LogP contribution in [0.15, 0.2) is 77.9 Å². The van der Waals surface area contributed by atoms with Crippen molar-refractivity contribution in [2.45, 2.75) is 12.5 Å². The summed E-state index contributed by atoms with van der Waals surface area (Å²) in [6.07, 6.45) is 0.401. The summed E-state index contributed by atoms with van der Waals surface area (Å²) in [6.45, 7) is 0. The molecule has 1 N–H and O–H groups in total. The third-order valence-corrected chi connectivity index (χ3v) is 5.17. The number of carbonyl (C=O) groups excluding carboxylic acids is 1. The number of hydrogen-bond donors (Lipinski definition) is 1. The first-order chi connectivity index (χ1) is 14.4. The molecule has 1 aliphatic heterocycles. The summed E-state index contributed by atoms with van der Waals surface area (Å²) in [5, 5.41) is 27.7. The molecule has 0 saturated carbocycles. The Bertz CT molecular complexity index is 1140. The number of nitro benzene ring substituents is 1. The van der Waals surface area contributed by atoms with Crippen LogP contribution in [0.5, 0.6) is 5.75 Å². The van der Waals surface area contributed by atoms with Crippen molar-refractivity contribution in [3.63, 3.8) is 0 Å². The van der Waals surface area contributed by atoms with Crippen molar-refractivity contribution in [3.8, 4) is 5.75 Å². The second-order valence-corrected chi connectivity index (χ2v) is 7.22. The van der Waals surface area contributed by atoms with E-state index < -0.39 is 16.9 Å². The van der Waals surface area contributed by atoms with Crippen LogP contribution in [0.1, 0.15) is 33.9 Å². The molecule has 1 amide bonds. The molecule has 3 aromatic rings. The zero-order valence-corrected chi connectivity index (χ0v) is 16.4. The van der Waals surface area contributed by atoms with Gasteiger partial charge >= 0.3 is 0 Å². The van der Waals surface area contributed by atoms with Crippen molar-refractivity contribution >= 4 is 28.9 Å². The molecule has 1 heterocycles. The largest absolute Gasteiger partial charge is 0.508 e. The van der Waals surface area contributed by atoms with Gasteiger partial charge in [-0.3, -0.25) is 14.9 Å². The number of nitro groups is 1. The van der Waals surface area contributed by atoms with Gasteiger partial charge in [-0.25, -0.2) is 5.01 Å². The Hall–Kier alpha value is -3.71. The first-order valence-corrected chi connectivity index (χ1v) is 9.51. The van der Waals surface area contributed by atoms with Gasteiger partial charge in [-0.2, -0.15) is 5.10 Å². The number of carbonyl (C=O) groups is 1. The highest BCUT2D eigenvalue weighted by Crippen LogP contribution is 2.38. The minimum atomic E-state index is -0.522. The Morgan fingerprint density at radius 2 is 1.73 bits per heavy atom. The number of phenols is 1. The summed E-state index contributed by atoms with van der Waals surface area (Å²) in [5.74, 6) is -0.348. The maximum absolute atomic E-state index is 13.2. The zero-order valence-electron chi connectivity index (χ0n) is 15.6. The van der Waals surface area contributed by atoms with Crippen LogP contribution < -0.4 is 0 Å². The molecule has 0 aromatic heterocycles. The standard InChI is InChI=1S/C22H16ClN3O4/c23-16-9-5-14(6-10-16)19-13-20(18-3-1-2-4-21(18)27)25(24-19)22(28)15-7-11-17(12-8-15)26(29)30/h1-12,20,27H,13H2. The molecular formula is C22H16ClN3O4. The highest BCUT2D eigenvalue weighted by Gasteiger charge is 2.35. The number of non-ortho nitro benzene ring substituents is 1. The van der Waals surface area contributed by atoms with E-state index >= 15 is 0 Å². The van der Waals surface area contributed by atoms with Crippen molar-refractivity contribution in [2.75, 3.05) is 0 Å². The molecule has 0 bridgehead atoms. The van der Waals surface area contributed by atoms with Crippen molar-refractivity contribution < 1.29 is 14.8 Å². The Kier molecular flexibility index (Phi) is 5.20. The van der Waals surface area contributed by atoms with Gasteiger partial charge in [0.2, 0.25) is 0 Å². The van der Waals surface area contributed by atoms with Gasteiger partial charge in [-0.05, 0) is 35.9 Å². The number of para-hydroxylation sites is 1. The summed E-state index contributed by atoms with van der Waals surface area (Å²) >= 11 is 5.97. The second-order valence-electron chi connectivity index (χ2n) is 6.79. The van der Waals surface area contributed by atoms with Crippen LogP contribution >= 0.6 is 11.6 Å². The number of rotatable bonds is 4. The summed E-state index contributed by atoms with van der Waals surface area (Å²) in [4.78, 5) is 23.6. The zero-order chi connectivity index (χ0) is 21.3. The first-order valence-electron chi connectivity index (χ1n) is 9.13. The van der Waals surface area contributed by atoms with Crippen LogP contribution in [0, 0.1) is 10.1 Å². The Balaban J connectivity index is 1.73. The number of aromatic hydroxyl groups is 1. The molecule has 8 heteroatoms. The van der Waals surface area contributed by atoms with E-state index in [0.717, 1.165) is 5.56 Å². The highest BCUT2D eigenvalue weighted by atomic mass is 35.5. The Morgan fingerprint density at radius 1 is 1.07 bits per heavy atom. The summed E-state index contributed by atoms with van der Waals surface area (Å²) in [6, 6.07) is 18.8. The van der Waals surface area contributed by atoms with E-state index in [2.05, 4.69) is 5.10 Å². The predicted octanol–water partition coefficient (Wildman–Crippen LogP) is 4.95. The topological polar surface area (TPSA) is 96.0 Å². The lowest BCUT2D eigenvalue weighted by Crippen LogP contribution is -2.27. The quantitative estimate of drug-likeness (QED) is 0.476. The number of nitrogens with zero attached hydrogens (tertiary/aromatic N) is 3. The van der Waals surface area contributed by atoms with E-state index in [9.17, 15) is 20.0 Å². The summed E-state index contributed by atoms with van der Waals surface area (Å²) in [5.41, 5.74) is 2.23. The highest BCUT2D eigenvalue weighted by molar-refractivity contribution is 6.30. The third kappa shape index (κ3) is 3.75. The van der Waals surface area contributed by atoms with Crippen LogP contribution in [-0.2, 0) is 0 Å². The molecule has 1 atom stereocenters. The third-order valence-electron chi connectivity index (χ3n) is 4.92. The van der Waals surface area contributed by atoms with Crippen molar-refractivity contribution in [1.29, 1.82) is 0 Å². The van der Waals surface area contributed by atoms with E-state index in [4.69, 9.17) is 11.6 Å². The number of halogens is 1. The van der Waals surface area contributed by atoms with Crippen LogP contribution in [-0.4, -0.2) is 26.7 Å². The molecule has 0 radical (unpaired) electrons. The number of phenolic OH excluding ortho intramolecular Hbond substituents is 1. The second kappa shape index (κ2) is 7.96. The van der Waals surface area contributed by atoms with E-state index in [-0.39, 0.29) is 17.0 Å². The maximum atomic E-state index is 13.2. The monoisotopic (exact) mass is 421 g/mol. The molecule has 0 fully saturated rings. The lowest BCUT2D eigenvalue weighted by Gasteiger charge is -2.22. The minimum absolute atomic E-state index is 0.0663. The molecule has 0 spiro atoms. The van der Waals surface area contributed by atoms with Crippen molar-refractivity contribution in [3.05, 3.63) is 105 Å². The fraction of sp³-hybridized carbons (Fsp3) is 0.0909. The molecule has 0 saturated heterocycles.